The zero-order valence-electron chi connectivity index (χ0n) is 17.5. The highest BCUT2D eigenvalue weighted by Gasteiger charge is 2.17. The lowest BCUT2D eigenvalue weighted by Crippen LogP contribution is -2.12. The predicted octanol–water partition coefficient (Wildman–Crippen LogP) is 4.56. The van der Waals surface area contributed by atoms with E-state index in [1.807, 2.05) is 49.6 Å². The number of rotatable bonds is 6. The van der Waals surface area contributed by atoms with Crippen molar-refractivity contribution in [3.05, 3.63) is 83.3 Å². The molecule has 5 rings (SSSR count). The maximum Gasteiger partial charge on any atom is 0.261 e. The number of aromatic nitrogens is 5. The number of fused-ring (bicyclic) bond motifs is 1. The van der Waals surface area contributed by atoms with Crippen molar-refractivity contribution in [3.63, 3.8) is 0 Å². The molecule has 8 nitrogen and oxygen atoms in total. The van der Waals surface area contributed by atoms with Crippen molar-refractivity contribution in [3.8, 4) is 16.3 Å². The molecular weight excluding hydrogens is 424 g/mol. The molecule has 0 spiro atoms. The smallest absolute Gasteiger partial charge is 0.261 e. The van der Waals surface area contributed by atoms with Crippen LogP contribution < -0.4 is 10.1 Å². The summed E-state index contributed by atoms with van der Waals surface area (Å²) >= 11 is 1.61. The zero-order chi connectivity index (χ0) is 22.1. The van der Waals surface area contributed by atoms with Crippen LogP contribution in [0.1, 0.15) is 21.5 Å². The van der Waals surface area contributed by atoms with Crippen LogP contribution in [0, 0.1) is 13.8 Å². The minimum atomic E-state index is -0.300. The van der Waals surface area contributed by atoms with Crippen LogP contribution in [0.4, 0.5) is 5.69 Å². The van der Waals surface area contributed by atoms with Gasteiger partial charge in [0.25, 0.3) is 5.91 Å². The summed E-state index contributed by atoms with van der Waals surface area (Å²) in [5, 5.41) is 13.5. The fourth-order valence-corrected chi connectivity index (χ4v) is 4.19. The van der Waals surface area contributed by atoms with Crippen LogP contribution in [-0.2, 0) is 6.73 Å². The highest BCUT2D eigenvalue weighted by Crippen LogP contribution is 2.25. The summed E-state index contributed by atoms with van der Waals surface area (Å²) in [6.45, 7) is 4.29. The molecule has 9 heteroatoms. The molecule has 0 atom stereocenters. The Balaban J connectivity index is 1.30. The van der Waals surface area contributed by atoms with E-state index in [-0.39, 0.29) is 12.6 Å². The Morgan fingerprint density at radius 3 is 2.88 bits per heavy atom. The molecule has 0 aliphatic rings. The number of aryl methyl sites for hydroxylation is 2. The summed E-state index contributed by atoms with van der Waals surface area (Å²) in [6.07, 6.45) is 6.52. The fraction of sp³-hybridized carbons (Fsp3) is 0.130. The average molecular weight is 445 g/mol. The number of nitrogens with one attached hydrogen (secondary N) is 1. The summed E-state index contributed by atoms with van der Waals surface area (Å²) in [5.41, 5.74) is 4.59. The van der Waals surface area contributed by atoms with Crippen molar-refractivity contribution < 1.29 is 9.53 Å². The quantitative estimate of drug-likeness (QED) is 0.415. The van der Waals surface area contributed by atoms with E-state index in [1.54, 1.807) is 39.1 Å². The van der Waals surface area contributed by atoms with Crippen molar-refractivity contribution in [2.24, 2.45) is 0 Å². The van der Waals surface area contributed by atoms with Gasteiger partial charge in [-0.25, -0.2) is 14.2 Å². The Labute approximate surface area is 188 Å². The molecule has 0 radical (unpaired) electrons. The van der Waals surface area contributed by atoms with Gasteiger partial charge in [-0.2, -0.15) is 10.2 Å². The van der Waals surface area contributed by atoms with Crippen molar-refractivity contribution in [1.82, 2.24) is 24.4 Å². The molecule has 4 aromatic heterocycles. The van der Waals surface area contributed by atoms with Gasteiger partial charge in [0, 0.05) is 6.20 Å². The lowest BCUT2D eigenvalue weighted by Gasteiger charge is -2.09. The van der Waals surface area contributed by atoms with Crippen LogP contribution in [0.5, 0.6) is 5.75 Å². The van der Waals surface area contributed by atoms with Crippen LogP contribution in [0.15, 0.2) is 66.6 Å². The third-order valence-corrected chi connectivity index (χ3v) is 5.89. The molecule has 1 aromatic carbocycles. The van der Waals surface area contributed by atoms with Crippen LogP contribution in [0.25, 0.3) is 16.2 Å². The first kappa shape index (κ1) is 20.0. The van der Waals surface area contributed by atoms with E-state index < -0.39 is 0 Å². The highest BCUT2D eigenvalue weighted by atomic mass is 32.1. The molecule has 0 aliphatic carbocycles. The third kappa shape index (κ3) is 3.85. The first-order chi connectivity index (χ1) is 15.6. The summed E-state index contributed by atoms with van der Waals surface area (Å²) in [4.78, 5) is 18.3. The highest BCUT2D eigenvalue weighted by molar-refractivity contribution is 7.13. The normalized spacial score (nSPS) is 11.1. The number of amides is 1. The first-order valence-electron chi connectivity index (χ1n) is 9.99. The van der Waals surface area contributed by atoms with Gasteiger partial charge in [0.2, 0.25) is 0 Å². The van der Waals surface area contributed by atoms with Gasteiger partial charge in [0.05, 0.1) is 34.8 Å². The largest absolute Gasteiger partial charge is 0.471 e. The summed E-state index contributed by atoms with van der Waals surface area (Å²) in [5.74, 6) is 0.501. The van der Waals surface area contributed by atoms with Crippen LogP contribution in [0.3, 0.4) is 0 Å². The van der Waals surface area contributed by atoms with Gasteiger partial charge in [-0.1, -0.05) is 23.8 Å². The second kappa shape index (κ2) is 8.27. The Morgan fingerprint density at radius 2 is 2.06 bits per heavy atom. The minimum absolute atomic E-state index is 0.238. The van der Waals surface area contributed by atoms with Gasteiger partial charge in [0.15, 0.2) is 12.4 Å². The van der Waals surface area contributed by atoms with Gasteiger partial charge in [-0.15, -0.1) is 11.3 Å². The molecule has 32 heavy (non-hydrogen) atoms. The number of ether oxygens (including phenoxy) is 1. The van der Waals surface area contributed by atoms with E-state index in [0.29, 0.717) is 16.9 Å². The van der Waals surface area contributed by atoms with Gasteiger partial charge < -0.3 is 10.1 Å². The van der Waals surface area contributed by atoms with Crippen molar-refractivity contribution in [1.29, 1.82) is 0 Å². The molecule has 0 saturated heterocycles. The second-order valence-corrected chi connectivity index (χ2v) is 8.31. The molecule has 0 aliphatic heterocycles. The van der Waals surface area contributed by atoms with Gasteiger partial charge in [0.1, 0.15) is 11.3 Å². The van der Waals surface area contributed by atoms with E-state index in [1.165, 1.54) is 11.8 Å². The number of carbonyl (C=O) groups excluding carboxylic acids is 1. The maximum atomic E-state index is 12.9. The van der Waals surface area contributed by atoms with Crippen LogP contribution in [0.2, 0.25) is 0 Å². The molecule has 0 unspecified atom stereocenters. The van der Waals surface area contributed by atoms with E-state index in [0.717, 1.165) is 21.9 Å². The average Bonchev–Trinajstić information content (AvgIpc) is 3.53. The molecule has 160 valence electrons. The number of anilines is 1. The Hall–Kier alpha value is -3.98. The molecular formula is C23H20N6O2S. The van der Waals surface area contributed by atoms with Crippen LogP contribution in [-0.4, -0.2) is 30.3 Å². The van der Waals surface area contributed by atoms with Gasteiger partial charge >= 0.3 is 0 Å². The van der Waals surface area contributed by atoms with Crippen molar-refractivity contribution in [2.45, 2.75) is 20.6 Å². The molecule has 1 amide bonds. The monoisotopic (exact) mass is 444 g/mol. The topological polar surface area (TPSA) is 86.3 Å². The molecule has 1 N–H and O–H groups in total. The molecule has 0 saturated carbocycles. The SMILES string of the molecule is Cc1ccc(OCn2cc(NC(=O)c3cnn4c(-c5cccs5)ccnc34)cn2)c(C)c1. The number of thiophene rings is 1. The minimum Gasteiger partial charge on any atom is -0.471 e. The zero-order valence-corrected chi connectivity index (χ0v) is 18.3. The number of nitrogens with zero attached hydrogens (tertiary/aromatic N) is 5. The number of carbonyl (C=O) groups is 1. The molecule has 4 heterocycles. The van der Waals surface area contributed by atoms with E-state index in [4.69, 9.17) is 4.74 Å². The Kier molecular flexibility index (Phi) is 5.16. The predicted molar refractivity (Wildman–Crippen MR) is 123 cm³/mol. The van der Waals surface area contributed by atoms with Crippen LogP contribution >= 0.6 is 11.3 Å². The third-order valence-electron chi connectivity index (χ3n) is 4.99. The second-order valence-electron chi connectivity index (χ2n) is 7.37. The summed E-state index contributed by atoms with van der Waals surface area (Å²) in [7, 11) is 0. The standard InChI is InChI=1S/C23H20N6O2S/c1-15-5-6-20(16(2)10-15)31-14-28-13-17(11-25-28)27-23(30)18-12-26-29-19(7-8-24-22(18)29)21-4-3-9-32-21/h3-13H,14H2,1-2H3,(H,27,30). The number of hydrogen-bond donors (Lipinski definition) is 1. The van der Waals surface area contributed by atoms with E-state index in [9.17, 15) is 4.79 Å². The number of hydrogen-bond acceptors (Lipinski definition) is 6. The fourth-order valence-electron chi connectivity index (χ4n) is 3.46. The van der Waals surface area contributed by atoms with Crippen molar-refractivity contribution >= 4 is 28.6 Å². The Morgan fingerprint density at radius 1 is 1.16 bits per heavy atom. The summed E-state index contributed by atoms with van der Waals surface area (Å²) < 4.78 is 9.15. The maximum absolute atomic E-state index is 12.9. The summed E-state index contributed by atoms with van der Waals surface area (Å²) in [6, 6.07) is 11.9. The molecule has 5 aromatic rings. The molecule has 0 fully saturated rings. The van der Waals surface area contributed by atoms with Gasteiger partial charge in [-0.05, 0) is 43.0 Å². The van der Waals surface area contributed by atoms with E-state index in [2.05, 4.69) is 26.6 Å². The van der Waals surface area contributed by atoms with Gasteiger partial charge in [-0.3, -0.25) is 4.79 Å². The number of benzene rings is 1. The first-order valence-corrected chi connectivity index (χ1v) is 10.9. The van der Waals surface area contributed by atoms with E-state index >= 15 is 0 Å². The lowest BCUT2D eigenvalue weighted by atomic mass is 10.1. The van der Waals surface area contributed by atoms with Crippen molar-refractivity contribution in [2.75, 3.05) is 5.32 Å². The lowest BCUT2D eigenvalue weighted by molar-refractivity contribution is 0.102. The molecule has 0 bridgehead atoms. The Bertz CT molecular complexity index is 1400.